The van der Waals surface area contributed by atoms with Crippen LogP contribution in [0.3, 0.4) is 0 Å². The molecular weight excluding hydrogens is 336 g/mol. The van der Waals surface area contributed by atoms with E-state index in [1.807, 2.05) is 0 Å². The van der Waals surface area contributed by atoms with Gasteiger partial charge in [0.1, 0.15) is 5.75 Å². The molecule has 2 amide bonds. The maximum atomic E-state index is 12.2. The van der Waals surface area contributed by atoms with Crippen molar-refractivity contribution in [1.82, 2.24) is 0 Å². The molecular formula is C19H18N2O5. The number of hydrogen-bond donors (Lipinski definition) is 2. The molecule has 0 heterocycles. The molecule has 2 N–H and O–H groups in total. The number of carbonyl (C=O) groups excluding carboxylic acids is 3. The Morgan fingerprint density at radius 1 is 0.962 bits per heavy atom. The zero-order chi connectivity index (χ0) is 18.9. The average molecular weight is 354 g/mol. The lowest BCUT2D eigenvalue weighted by Gasteiger charge is -2.08. The van der Waals surface area contributed by atoms with Crippen LogP contribution in [0.15, 0.2) is 61.2 Å². The second kappa shape index (κ2) is 9.03. The molecule has 0 bridgehead atoms. The molecule has 7 heteroatoms. The zero-order valence-corrected chi connectivity index (χ0v) is 14.2. The van der Waals surface area contributed by atoms with E-state index in [-0.39, 0.29) is 24.2 Å². The Balaban J connectivity index is 1.95. The Bertz CT molecular complexity index is 798. The summed E-state index contributed by atoms with van der Waals surface area (Å²) in [6.45, 7) is 5.27. The van der Waals surface area contributed by atoms with Gasteiger partial charge in [-0.3, -0.25) is 9.59 Å². The van der Waals surface area contributed by atoms with Crippen molar-refractivity contribution >= 4 is 29.3 Å². The van der Waals surface area contributed by atoms with Crippen molar-refractivity contribution in [2.24, 2.45) is 0 Å². The van der Waals surface area contributed by atoms with Crippen molar-refractivity contribution in [3.8, 4) is 5.75 Å². The smallest absolute Gasteiger partial charge is 0.434 e. The van der Waals surface area contributed by atoms with Crippen LogP contribution in [0.1, 0.15) is 17.3 Å². The molecule has 0 aliphatic rings. The fourth-order valence-electron chi connectivity index (χ4n) is 1.95. The Labute approximate surface area is 150 Å². The van der Waals surface area contributed by atoms with Crippen molar-refractivity contribution < 1.29 is 23.9 Å². The van der Waals surface area contributed by atoms with E-state index >= 15 is 0 Å². The maximum absolute atomic E-state index is 12.2. The highest BCUT2D eigenvalue weighted by atomic mass is 16.7. The van der Waals surface area contributed by atoms with Gasteiger partial charge >= 0.3 is 6.16 Å². The molecule has 2 aromatic carbocycles. The largest absolute Gasteiger partial charge is 0.513 e. The predicted octanol–water partition coefficient (Wildman–Crippen LogP) is 3.60. The van der Waals surface area contributed by atoms with E-state index in [4.69, 9.17) is 4.74 Å². The van der Waals surface area contributed by atoms with Crippen LogP contribution in [0.2, 0.25) is 0 Å². The van der Waals surface area contributed by atoms with Crippen LogP contribution in [-0.2, 0) is 9.53 Å². The summed E-state index contributed by atoms with van der Waals surface area (Å²) in [4.78, 5) is 34.7. The number of anilines is 2. The molecule has 2 aromatic rings. The molecule has 2 rings (SSSR count). The first-order chi connectivity index (χ1) is 12.5. The van der Waals surface area contributed by atoms with Gasteiger partial charge in [0.2, 0.25) is 5.91 Å². The van der Waals surface area contributed by atoms with Gasteiger partial charge < -0.3 is 20.1 Å². The van der Waals surface area contributed by atoms with Gasteiger partial charge in [-0.2, -0.15) is 0 Å². The predicted molar refractivity (Wildman–Crippen MR) is 97.3 cm³/mol. The summed E-state index contributed by atoms with van der Waals surface area (Å²) in [7, 11) is 0. The number of nitrogens with one attached hydrogen (secondary N) is 2. The molecule has 134 valence electrons. The van der Waals surface area contributed by atoms with Gasteiger partial charge in [-0.05, 0) is 61.5 Å². The molecule has 26 heavy (non-hydrogen) atoms. The number of hydrogen-bond acceptors (Lipinski definition) is 5. The molecule has 0 spiro atoms. The molecule has 0 aromatic heterocycles. The minimum atomic E-state index is -0.798. The monoisotopic (exact) mass is 354 g/mol. The summed E-state index contributed by atoms with van der Waals surface area (Å²) >= 11 is 0. The molecule has 0 fully saturated rings. The van der Waals surface area contributed by atoms with Crippen LogP contribution in [0.5, 0.6) is 5.75 Å². The summed E-state index contributed by atoms with van der Waals surface area (Å²) in [5.41, 5.74) is 1.55. The first kappa shape index (κ1) is 18.7. The number of benzene rings is 2. The standard InChI is InChI=1S/C19H18N2O5/c1-3-17(22)20-14-7-9-15(10-8-14)21-18(23)13-5-11-16(12-6-13)26-19(24)25-4-2/h3,5-12H,1,4H2,2H3,(H,20,22)(H,21,23). The maximum Gasteiger partial charge on any atom is 0.513 e. The van der Waals surface area contributed by atoms with Crippen LogP contribution < -0.4 is 15.4 Å². The number of carbonyl (C=O) groups is 3. The average Bonchev–Trinajstić information content (AvgIpc) is 2.64. The Hall–Kier alpha value is -3.61. The lowest BCUT2D eigenvalue weighted by Crippen LogP contribution is -2.13. The SMILES string of the molecule is C=CC(=O)Nc1ccc(NC(=O)c2ccc(OC(=O)OCC)cc2)cc1. The van der Waals surface area contributed by atoms with Crippen LogP contribution in [-0.4, -0.2) is 24.6 Å². The van der Waals surface area contributed by atoms with Crippen molar-refractivity contribution in [2.45, 2.75) is 6.92 Å². The van der Waals surface area contributed by atoms with Crippen molar-refractivity contribution in [3.63, 3.8) is 0 Å². The lowest BCUT2D eigenvalue weighted by molar-refractivity contribution is -0.111. The second-order valence-corrected chi connectivity index (χ2v) is 5.03. The molecule has 0 aliphatic heterocycles. The molecule has 0 saturated heterocycles. The summed E-state index contributed by atoms with van der Waals surface area (Å²) in [5, 5.41) is 5.34. The van der Waals surface area contributed by atoms with Gasteiger partial charge in [0.25, 0.3) is 5.91 Å². The first-order valence-corrected chi connectivity index (χ1v) is 7.81. The summed E-state index contributed by atoms with van der Waals surface area (Å²) < 4.78 is 9.60. The van der Waals surface area contributed by atoms with Crippen LogP contribution in [0.4, 0.5) is 16.2 Å². The van der Waals surface area contributed by atoms with E-state index < -0.39 is 6.16 Å². The van der Waals surface area contributed by atoms with Gasteiger partial charge in [0, 0.05) is 16.9 Å². The van der Waals surface area contributed by atoms with E-state index in [0.717, 1.165) is 0 Å². The number of ether oxygens (including phenoxy) is 2. The lowest BCUT2D eigenvalue weighted by atomic mass is 10.2. The third-order valence-electron chi connectivity index (χ3n) is 3.18. The third kappa shape index (κ3) is 5.48. The van der Waals surface area contributed by atoms with Gasteiger partial charge in [0.15, 0.2) is 0 Å². The molecule has 0 aliphatic carbocycles. The van der Waals surface area contributed by atoms with Gasteiger partial charge in [-0.25, -0.2) is 4.79 Å². The van der Waals surface area contributed by atoms with Crippen LogP contribution in [0.25, 0.3) is 0 Å². The topological polar surface area (TPSA) is 93.7 Å². The Morgan fingerprint density at radius 3 is 2.08 bits per heavy atom. The first-order valence-electron chi connectivity index (χ1n) is 7.81. The van der Waals surface area contributed by atoms with Crippen LogP contribution >= 0.6 is 0 Å². The van der Waals surface area contributed by atoms with E-state index in [1.54, 1.807) is 31.2 Å². The van der Waals surface area contributed by atoms with Gasteiger partial charge in [0.05, 0.1) is 6.61 Å². The summed E-state index contributed by atoms with van der Waals surface area (Å²) in [5.74, 6) is -0.357. The van der Waals surface area contributed by atoms with Crippen LogP contribution in [0, 0.1) is 0 Å². The van der Waals surface area contributed by atoms with Crippen molar-refractivity contribution in [3.05, 3.63) is 66.7 Å². The molecule has 0 atom stereocenters. The molecule has 0 unspecified atom stereocenters. The number of amides is 2. The Morgan fingerprint density at radius 2 is 1.54 bits per heavy atom. The highest BCUT2D eigenvalue weighted by molar-refractivity contribution is 6.04. The fourth-order valence-corrected chi connectivity index (χ4v) is 1.95. The van der Waals surface area contributed by atoms with Crippen molar-refractivity contribution in [2.75, 3.05) is 17.2 Å². The Kier molecular flexibility index (Phi) is 6.50. The highest BCUT2D eigenvalue weighted by Crippen LogP contribution is 2.17. The van der Waals surface area contributed by atoms with E-state index in [2.05, 4.69) is 21.9 Å². The molecule has 0 saturated carbocycles. The second-order valence-electron chi connectivity index (χ2n) is 5.03. The fraction of sp³-hybridized carbons (Fsp3) is 0.105. The van der Waals surface area contributed by atoms with Gasteiger partial charge in [-0.1, -0.05) is 6.58 Å². The normalized spacial score (nSPS) is 9.73. The van der Waals surface area contributed by atoms with Gasteiger partial charge in [-0.15, -0.1) is 0 Å². The number of rotatable bonds is 6. The summed E-state index contributed by atoms with van der Waals surface area (Å²) in [6, 6.07) is 12.7. The van der Waals surface area contributed by atoms with E-state index in [0.29, 0.717) is 16.9 Å². The minimum absolute atomic E-state index is 0.218. The van der Waals surface area contributed by atoms with Crippen molar-refractivity contribution in [1.29, 1.82) is 0 Å². The molecule has 0 radical (unpaired) electrons. The van der Waals surface area contributed by atoms with E-state index in [9.17, 15) is 14.4 Å². The minimum Gasteiger partial charge on any atom is -0.434 e. The quantitative estimate of drug-likeness (QED) is 0.470. The third-order valence-corrected chi connectivity index (χ3v) is 3.18. The molecule has 7 nitrogen and oxygen atoms in total. The summed E-state index contributed by atoms with van der Waals surface area (Å²) in [6.07, 6.45) is 0.374. The zero-order valence-electron chi connectivity index (χ0n) is 14.2. The highest BCUT2D eigenvalue weighted by Gasteiger charge is 2.09. The van der Waals surface area contributed by atoms with E-state index in [1.165, 1.54) is 30.3 Å².